The van der Waals surface area contributed by atoms with Crippen LogP contribution in [-0.4, -0.2) is 70.0 Å². The fourth-order valence-electron chi connectivity index (χ4n) is 7.48. The molecule has 1 aliphatic rings. The van der Waals surface area contributed by atoms with Gasteiger partial charge in [0.1, 0.15) is 6.61 Å². The molecule has 8 heteroatoms. The van der Waals surface area contributed by atoms with Crippen molar-refractivity contribution in [3.05, 3.63) is 12.2 Å². The van der Waals surface area contributed by atoms with E-state index in [-0.39, 0.29) is 43.4 Å². The Morgan fingerprint density at radius 2 is 1.17 bits per heavy atom. The van der Waals surface area contributed by atoms with Crippen molar-refractivity contribution in [3.63, 3.8) is 0 Å². The van der Waals surface area contributed by atoms with Crippen molar-refractivity contribution in [1.29, 1.82) is 0 Å². The van der Waals surface area contributed by atoms with Gasteiger partial charge in [0, 0.05) is 25.2 Å². The van der Waals surface area contributed by atoms with E-state index in [4.69, 9.17) is 9.47 Å². The Bertz CT molecular complexity index is 876. The van der Waals surface area contributed by atoms with Crippen LogP contribution in [0.4, 0.5) is 0 Å². The Labute approximate surface area is 318 Å². The lowest BCUT2D eigenvalue weighted by Gasteiger charge is -2.21. The maximum atomic E-state index is 12.3. The van der Waals surface area contributed by atoms with E-state index in [0.717, 1.165) is 70.1 Å². The minimum atomic E-state index is -0.834. The molecule has 0 heterocycles. The minimum absolute atomic E-state index is 0.0319. The van der Waals surface area contributed by atoms with Gasteiger partial charge in [-0.05, 0) is 37.5 Å². The van der Waals surface area contributed by atoms with Gasteiger partial charge in [-0.15, -0.1) is 0 Å². The zero-order chi connectivity index (χ0) is 38.2. The fraction of sp³-hybridized carbons (Fsp3) is 0.909. The summed E-state index contributed by atoms with van der Waals surface area (Å²) in [5.74, 6) is -0.0613. The molecule has 1 fully saturated rings. The highest BCUT2D eigenvalue weighted by atomic mass is 16.6. The molecule has 0 spiro atoms. The van der Waals surface area contributed by atoms with Gasteiger partial charge in [0.05, 0.1) is 24.9 Å². The molecule has 0 amide bonds. The molecule has 6 atom stereocenters. The van der Waals surface area contributed by atoms with Crippen LogP contribution in [0.15, 0.2) is 12.2 Å². The molecule has 4 N–H and O–H groups in total. The molecule has 0 aliphatic heterocycles. The number of aliphatic hydroxyl groups is 4. The van der Waals surface area contributed by atoms with E-state index in [0.29, 0.717) is 25.7 Å². The number of ether oxygens (including phenoxy) is 2. The zero-order valence-corrected chi connectivity index (χ0v) is 33.8. The van der Waals surface area contributed by atoms with Gasteiger partial charge in [-0.1, -0.05) is 168 Å². The second kappa shape index (κ2) is 32.9. The number of aliphatic hydroxyl groups excluding tert-OH is 4. The molecule has 0 aromatic carbocycles. The van der Waals surface area contributed by atoms with Crippen molar-refractivity contribution in [2.75, 3.05) is 13.2 Å². The molecule has 0 saturated heterocycles. The fourth-order valence-corrected chi connectivity index (χ4v) is 7.48. The minimum Gasteiger partial charge on any atom is -0.462 e. The van der Waals surface area contributed by atoms with Crippen molar-refractivity contribution >= 4 is 11.9 Å². The molecule has 0 aromatic heterocycles. The monoisotopic (exact) mass is 739 g/mol. The van der Waals surface area contributed by atoms with Crippen LogP contribution < -0.4 is 0 Å². The van der Waals surface area contributed by atoms with E-state index in [1.165, 1.54) is 83.5 Å². The van der Waals surface area contributed by atoms with Crippen molar-refractivity contribution in [2.24, 2.45) is 17.8 Å². The van der Waals surface area contributed by atoms with Crippen LogP contribution in [0, 0.1) is 17.8 Å². The van der Waals surface area contributed by atoms with Gasteiger partial charge in [0.2, 0.25) is 0 Å². The van der Waals surface area contributed by atoms with Crippen molar-refractivity contribution < 1.29 is 39.5 Å². The molecular weight excluding hydrogens is 656 g/mol. The third kappa shape index (κ3) is 26.3. The maximum absolute atomic E-state index is 12.3. The first-order chi connectivity index (χ1) is 25.2. The van der Waals surface area contributed by atoms with Gasteiger partial charge >= 0.3 is 11.9 Å². The average Bonchev–Trinajstić information content (AvgIpc) is 3.39. The summed E-state index contributed by atoms with van der Waals surface area (Å²) in [7, 11) is 0. The van der Waals surface area contributed by atoms with Crippen molar-refractivity contribution in [2.45, 2.75) is 225 Å². The summed E-state index contributed by atoms with van der Waals surface area (Å²) in [4.78, 5) is 24.5. The second-order valence-corrected chi connectivity index (χ2v) is 16.2. The molecule has 8 nitrogen and oxygen atoms in total. The van der Waals surface area contributed by atoms with Crippen LogP contribution in [-0.2, 0) is 19.1 Å². The quantitative estimate of drug-likeness (QED) is 0.0287. The molecule has 1 aliphatic carbocycles. The Kier molecular flexibility index (Phi) is 30.7. The Balaban J connectivity index is 2.03. The topological polar surface area (TPSA) is 134 Å². The zero-order valence-electron chi connectivity index (χ0n) is 33.8. The van der Waals surface area contributed by atoms with Gasteiger partial charge < -0.3 is 29.9 Å². The first-order valence-corrected chi connectivity index (χ1v) is 21.9. The lowest BCUT2D eigenvalue weighted by atomic mass is 9.88. The number of unbranched alkanes of at least 4 members (excludes halogenated alkanes) is 19. The van der Waals surface area contributed by atoms with Crippen LogP contribution in [0.2, 0.25) is 0 Å². The van der Waals surface area contributed by atoms with Gasteiger partial charge in [0.15, 0.2) is 6.10 Å². The summed E-state index contributed by atoms with van der Waals surface area (Å²) in [5.41, 5.74) is 0. The third-order valence-electron chi connectivity index (χ3n) is 10.8. The second-order valence-electron chi connectivity index (χ2n) is 16.2. The largest absolute Gasteiger partial charge is 0.462 e. The normalized spacial score (nSPS) is 20.2. The van der Waals surface area contributed by atoms with E-state index < -0.39 is 24.4 Å². The molecule has 0 bridgehead atoms. The summed E-state index contributed by atoms with van der Waals surface area (Å²) < 4.78 is 10.6. The summed E-state index contributed by atoms with van der Waals surface area (Å²) in [5, 5.41) is 40.8. The number of hydrogen-bond donors (Lipinski definition) is 4. The molecule has 0 aromatic rings. The lowest BCUT2D eigenvalue weighted by Crippen LogP contribution is -2.28. The van der Waals surface area contributed by atoms with Crippen molar-refractivity contribution in [1.82, 2.24) is 0 Å². The number of carbonyl (C=O) groups is 2. The average molecular weight is 739 g/mol. The Morgan fingerprint density at radius 1 is 0.673 bits per heavy atom. The molecule has 1 saturated carbocycles. The van der Waals surface area contributed by atoms with E-state index in [1.807, 2.05) is 6.08 Å². The molecule has 0 unspecified atom stereocenters. The predicted octanol–water partition coefficient (Wildman–Crippen LogP) is 9.92. The summed E-state index contributed by atoms with van der Waals surface area (Å²) in [6, 6.07) is 0. The lowest BCUT2D eigenvalue weighted by molar-refractivity contribution is -0.161. The molecule has 306 valence electrons. The summed E-state index contributed by atoms with van der Waals surface area (Å²) in [6.07, 6.45) is 30.6. The molecule has 52 heavy (non-hydrogen) atoms. The first kappa shape index (κ1) is 48.5. The maximum Gasteiger partial charge on any atom is 0.306 e. The molecular formula is C44H82O8. The molecule has 0 radical (unpaired) electrons. The van der Waals surface area contributed by atoms with Gasteiger partial charge in [-0.2, -0.15) is 0 Å². The highest BCUT2D eigenvalue weighted by Gasteiger charge is 2.39. The number of rotatable bonds is 35. The van der Waals surface area contributed by atoms with Crippen molar-refractivity contribution in [3.8, 4) is 0 Å². The van der Waals surface area contributed by atoms with E-state index >= 15 is 0 Å². The summed E-state index contributed by atoms with van der Waals surface area (Å²) in [6.45, 7) is 6.23. The highest BCUT2D eigenvalue weighted by molar-refractivity contribution is 5.70. The van der Waals surface area contributed by atoms with Crippen LogP contribution in [0.3, 0.4) is 0 Å². The van der Waals surface area contributed by atoms with Crippen LogP contribution in [0.1, 0.15) is 201 Å². The van der Waals surface area contributed by atoms with E-state index in [2.05, 4.69) is 20.8 Å². The van der Waals surface area contributed by atoms with E-state index in [1.54, 1.807) is 6.08 Å². The first-order valence-electron chi connectivity index (χ1n) is 21.9. The van der Waals surface area contributed by atoms with E-state index in [9.17, 15) is 30.0 Å². The van der Waals surface area contributed by atoms with Crippen LogP contribution in [0.5, 0.6) is 0 Å². The van der Waals surface area contributed by atoms with Gasteiger partial charge in [0.25, 0.3) is 0 Å². The van der Waals surface area contributed by atoms with Gasteiger partial charge in [-0.25, -0.2) is 0 Å². The summed E-state index contributed by atoms with van der Waals surface area (Å²) >= 11 is 0. The highest BCUT2D eigenvalue weighted by Crippen LogP contribution is 2.37. The van der Waals surface area contributed by atoms with Gasteiger partial charge in [-0.3, -0.25) is 9.59 Å². The van der Waals surface area contributed by atoms with Crippen LogP contribution >= 0.6 is 0 Å². The predicted molar refractivity (Wildman–Crippen MR) is 212 cm³/mol. The number of carbonyl (C=O) groups excluding carboxylic acids is 2. The third-order valence-corrected chi connectivity index (χ3v) is 10.8. The Hall–Kier alpha value is -1.48. The molecule has 1 rings (SSSR count). The number of esters is 2. The Morgan fingerprint density at radius 3 is 1.71 bits per heavy atom. The SMILES string of the molecule is CCCCC[C@H](O)/C=C/[C@@H]1[C@@H](CCCCCCC(=O)OC[C@H](CO)OC(=O)CCCCCCCCCCCCCCCCCC(C)C)[C@@H](O)C[C@H]1O. The smallest absolute Gasteiger partial charge is 0.306 e. The van der Waals surface area contributed by atoms with Crippen LogP contribution in [0.25, 0.3) is 0 Å². The standard InChI is InChI=1S/C44H82O8/c1-4-5-21-27-37(46)31-32-40-39(41(47)33-42(40)48)28-23-19-20-24-29-43(49)51-35-38(34-45)52-44(50)30-25-18-16-14-12-10-8-6-7-9-11-13-15-17-22-26-36(2)3/h31-32,36-42,45-48H,4-30,33-35H2,1-3H3/b32-31+/t37-,38-,39+,40+,41-,42+/m0/s1. The number of hydrogen-bond acceptors (Lipinski definition) is 8.